The van der Waals surface area contributed by atoms with Gasteiger partial charge in [0.1, 0.15) is 11.6 Å². The highest BCUT2D eigenvalue weighted by molar-refractivity contribution is 7.90. The summed E-state index contributed by atoms with van der Waals surface area (Å²) < 4.78 is 29.7. The largest absolute Gasteiger partial charge is 0.438 e. The molecule has 0 unspecified atom stereocenters. The lowest BCUT2D eigenvalue weighted by Gasteiger charge is -2.08. The van der Waals surface area contributed by atoms with Crippen LogP contribution in [0.2, 0.25) is 0 Å². The van der Waals surface area contributed by atoms with Crippen molar-refractivity contribution in [3.8, 4) is 0 Å². The van der Waals surface area contributed by atoms with Crippen LogP contribution in [-0.2, 0) is 20.4 Å². The van der Waals surface area contributed by atoms with E-state index >= 15 is 0 Å². The highest BCUT2D eigenvalue weighted by Crippen LogP contribution is 2.23. The summed E-state index contributed by atoms with van der Waals surface area (Å²) in [5.74, 6) is -0.515. The Morgan fingerprint density at radius 3 is 2.60 bits per heavy atom. The summed E-state index contributed by atoms with van der Waals surface area (Å²) in [5.41, 5.74) is 2.04. The molecule has 0 aliphatic heterocycles. The first kappa shape index (κ1) is 22.0. The fraction of sp³-hybridized carbons (Fsp3) is 0.318. The van der Waals surface area contributed by atoms with Crippen LogP contribution < -0.4 is 5.32 Å². The van der Waals surface area contributed by atoms with Crippen LogP contribution in [-0.4, -0.2) is 36.7 Å². The van der Waals surface area contributed by atoms with Crippen LogP contribution in [0.4, 0.5) is 0 Å². The Balaban J connectivity index is 1.31. The predicted octanol–water partition coefficient (Wildman–Crippen LogP) is 2.97. The lowest BCUT2D eigenvalue weighted by Crippen LogP contribution is -2.27. The van der Waals surface area contributed by atoms with Gasteiger partial charge in [0.2, 0.25) is 11.8 Å². The fourth-order valence-corrected chi connectivity index (χ4v) is 4.22. The van der Waals surface area contributed by atoms with Crippen molar-refractivity contribution in [2.45, 2.75) is 31.1 Å². The van der Waals surface area contributed by atoms with E-state index in [0.29, 0.717) is 42.5 Å². The molecular formula is C22H25N2O5S. The minimum atomic E-state index is -3.38. The van der Waals surface area contributed by atoms with E-state index in [1.54, 1.807) is 30.3 Å². The molecule has 1 heterocycles. The monoisotopic (exact) mass is 429 g/mol. The van der Waals surface area contributed by atoms with E-state index < -0.39 is 21.8 Å². The summed E-state index contributed by atoms with van der Waals surface area (Å²) in [5, 5.41) is 12.9. The zero-order valence-corrected chi connectivity index (χ0v) is 17.3. The van der Waals surface area contributed by atoms with Crippen molar-refractivity contribution in [1.29, 1.82) is 0 Å². The number of hydrogen-bond acceptors (Lipinski definition) is 6. The van der Waals surface area contributed by atoms with Gasteiger partial charge >= 0.3 is 0 Å². The van der Waals surface area contributed by atoms with Gasteiger partial charge in [-0.2, -0.15) is 0 Å². The Kier molecular flexibility index (Phi) is 7.59. The van der Waals surface area contributed by atoms with Crippen molar-refractivity contribution in [3.63, 3.8) is 0 Å². The second-order valence-corrected chi connectivity index (χ2v) is 9.18. The number of hydrogen-bond donors (Lipinski definition) is 2. The van der Waals surface area contributed by atoms with Gasteiger partial charge in [-0.1, -0.05) is 42.5 Å². The van der Waals surface area contributed by atoms with Crippen LogP contribution in [0.5, 0.6) is 0 Å². The number of benzene rings is 2. The third-order valence-electron chi connectivity index (χ3n) is 4.55. The van der Waals surface area contributed by atoms with Crippen LogP contribution in [0.1, 0.15) is 36.8 Å². The average molecular weight is 430 g/mol. The van der Waals surface area contributed by atoms with Crippen molar-refractivity contribution >= 4 is 26.8 Å². The first-order valence-electron chi connectivity index (χ1n) is 9.82. The van der Waals surface area contributed by atoms with Crippen LogP contribution >= 0.6 is 0 Å². The fourth-order valence-electron chi connectivity index (χ4n) is 2.99. The molecule has 7 nitrogen and oxygen atoms in total. The second kappa shape index (κ2) is 10.4. The minimum absolute atomic E-state index is 0.0919. The Morgan fingerprint density at radius 2 is 1.83 bits per heavy atom. The number of nitrogens with one attached hydrogen (secondary N) is 1. The molecule has 1 amide bonds. The Labute approximate surface area is 176 Å². The molecule has 3 rings (SSSR count). The molecule has 0 aliphatic carbocycles. The zero-order valence-electron chi connectivity index (χ0n) is 16.5. The lowest BCUT2D eigenvalue weighted by atomic mass is 10.1. The number of nitrogens with zero attached hydrogens (tertiary/aromatic N) is 1. The number of amides is 1. The summed E-state index contributed by atoms with van der Waals surface area (Å²) in [6.07, 6.45) is 2.12. The molecule has 8 heteroatoms. The number of rotatable bonds is 11. The van der Waals surface area contributed by atoms with Gasteiger partial charge in [0.15, 0.2) is 15.4 Å². The summed E-state index contributed by atoms with van der Waals surface area (Å²) >= 11 is 0. The van der Waals surface area contributed by atoms with Crippen LogP contribution in [0, 0.1) is 6.42 Å². The highest BCUT2D eigenvalue weighted by Gasteiger charge is 2.16. The molecule has 2 aromatic carbocycles. The zero-order chi connectivity index (χ0) is 21.4. The number of fused-ring (bicyclic) bond motifs is 1. The van der Waals surface area contributed by atoms with E-state index in [9.17, 15) is 18.3 Å². The lowest BCUT2D eigenvalue weighted by molar-refractivity contribution is -0.117. The highest BCUT2D eigenvalue weighted by atomic mass is 32.2. The molecule has 1 atom stereocenters. The van der Waals surface area contributed by atoms with Crippen LogP contribution in [0.25, 0.3) is 11.1 Å². The molecule has 1 radical (unpaired) electrons. The molecular weight excluding hydrogens is 404 g/mol. The maximum Gasteiger partial charge on any atom is 0.224 e. The normalized spacial score (nSPS) is 12.7. The third kappa shape index (κ3) is 6.67. The van der Waals surface area contributed by atoms with E-state index in [-0.39, 0.29) is 17.4 Å². The third-order valence-corrected chi connectivity index (χ3v) is 6.00. The molecule has 0 fully saturated rings. The summed E-state index contributed by atoms with van der Waals surface area (Å²) in [4.78, 5) is 16.1. The number of para-hydroxylation sites is 2. The van der Waals surface area contributed by atoms with Gasteiger partial charge in [-0.3, -0.25) is 4.79 Å². The van der Waals surface area contributed by atoms with Gasteiger partial charge < -0.3 is 14.8 Å². The maximum atomic E-state index is 12.1. The second-order valence-electron chi connectivity index (χ2n) is 7.07. The molecule has 0 saturated heterocycles. The van der Waals surface area contributed by atoms with E-state index in [1.807, 2.05) is 24.3 Å². The molecule has 159 valence electrons. The summed E-state index contributed by atoms with van der Waals surface area (Å²) in [6, 6.07) is 16.2. The Bertz CT molecular complexity index is 1030. The Hall–Kier alpha value is -2.71. The molecule has 2 N–H and O–H groups in total. The van der Waals surface area contributed by atoms with Gasteiger partial charge in [-0.05, 0) is 37.0 Å². The number of sulfone groups is 1. The van der Waals surface area contributed by atoms with Gasteiger partial charge in [-0.25, -0.2) is 13.4 Å². The molecule has 30 heavy (non-hydrogen) atoms. The topological polar surface area (TPSA) is 110 Å². The van der Waals surface area contributed by atoms with Gasteiger partial charge in [0, 0.05) is 6.54 Å². The average Bonchev–Trinajstić information content (AvgIpc) is 3.17. The van der Waals surface area contributed by atoms with E-state index in [1.165, 1.54) is 0 Å². The molecule has 3 aromatic rings. The van der Waals surface area contributed by atoms with Gasteiger partial charge in [-0.15, -0.1) is 0 Å². The number of oxazole rings is 1. The number of unbranched alkanes of at least 4 members (excludes halogenated alkanes) is 1. The van der Waals surface area contributed by atoms with Crippen molar-refractivity contribution < 1.29 is 22.7 Å². The van der Waals surface area contributed by atoms with Crippen molar-refractivity contribution in [2.75, 3.05) is 12.3 Å². The molecule has 1 aromatic heterocycles. The predicted molar refractivity (Wildman–Crippen MR) is 114 cm³/mol. The number of carbonyl (C=O) groups is 1. The SMILES string of the molecule is O=C([CH]CS(=O)(=O)Cc1ccccc1)NCCCC[C@@H](O)c1nc2ccccc2o1. The minimum Gasteiger partial charge on any atom is -0.438 e. The van der Waals surface area contributed by atoms with Gasteiger partial charge in [0.05, 0.1) is 17.9 Å². The maximum absolute atomic E-state index is 12.1. The molecule has 0 bridgehead atoms. The van der Waals surface area contributed by atoms with E-state index in [4.69, 9.17) is 4.42 Å². The van der Waals surface area contributed by atoms with E-state index in [2.05, 4.69) is 10.3 Å². The van der Waals surface area contributed by atoms with Crippen molar-refractivity contribution in [1.82, 2.24) is 10.3 Å². The quantitative estimate of drug-likeness (QED) is 0.454. The smallest absolute Gasteiger partial charge is 0.224 e. The Morgan fingerprint density at radius 1 is 1.10 bits per heavy atom. The van der Waals surface area contributed by atoms with Crippen LogP contribution in [0.15, 0.2) is 59.0 Å². The summed E-state index contributed by atoms with van der Waals surface area (Å²) in [7, 11) is -3.38. The number of aliphatic hydroxyl groups excluding tert-OH is 1. The first-order valence-corrected chi connectivity index (χ1v) is 11.6. The van der Waals surface area contributed by atoms with E-state index in [0.717, 1.165) is 6.42 Å². The van der Waals surface area contributed by atoms with Crippen LogP contribution in [0.3, 0.4) is 0 Å². The van der Waals surface area contributed by atoms with Crippen molar-refractivity contribution in [2.24, 2.45) is 0 Å². The standard InChI is InChI=1S/C22H25N2O5S/c25-19(22-24-18-10-4-5-12-20(18)29-22)11-6-7-14-23-21(26)13-15-30(27,28)16-17-8-2-1-3-9-17/h1-5,8-10,12-13,19,25H,6-7,11,14-16H2,(H,23,26)/t19-/m1/s1. The molecule has 0 saturated carbocycles. The summed E-state index contributed by atoms with van der Waals surface area (Å²) in [6.45, 7) is 0.397. The number of carbonyl (C=O) groups excluding carboxylic acids is 1. The molecule has 0 spiro atoms. The first-order chi connectivity index (χ1) is 14.4. The molecule has 0 aliphatic rings. The number of aliphatic hydroxyl groups is 1. The number of aromatic nitrogens is 1. The van der Waals surface area contributed by atoms with Gasteiger partial charge in [0.25, 0.3) is 0 Å². The van der Waals surface area contributed by atoms with Crippen molar-refractivity contribution in [3.05, 3.63) is 72.5 Å².